The molecule has 1 aromatic carbocycles. The molecule has 0 bridgehead atoms. The summed E-state index contributed by atoms with van der Waals surface area (Å²) in [5.74, 6) is 0.621. The number of allylic oxidation sites excluding steroid dienone is 1. The van der Waals surface area contributed by atoms with Crippen molar-refractivity contribution < 1.29 is 0 Å². The Balaban J connectivity index is 2.65. The monoisotopic (exact) mass is 145 g/mol. The van der Waals surface area contributed by atoms with Crippen LogP contribution >= 0.6 is 0 Å². The Kier molecular flexibility index (Phi) is 2.91. The number of hydrogen-bond donors (Lipinski definition) is 0. The molecule has 0 aliphatic heterocycles. The maximum Gasteiger partial charge on any atom is -0.0178 e. The third kappa shape index (κ3) is 3.03. The summed E-state index contributed by atoms with van der Waals surface area (Å²) in [5, 5.41) is 0. The Labute approximate surface area is 68.6 Å². The summed E-state index contributed by atoms with van der Waals surface area (Å²) in [5.41, 5.74) is 1.22. The lowest BCUT2D eigenvalue weighted by Gasteiger charge is -1.93. The molecule has 1 aromatic rings. The third-order valence-corrected chi connectivity index (χ3v) is 1.40. The topological polar surface area (TPSA) is 0 Å². The van der Waals surface area contributed by atoms with Gasteiger partial charge in [-0.25, -0.2) is 0 Å². The van der Waals surface area contributed by atoms with Gasteiger partial charge in [-0.2, -0.15) is 0 Å². The van der Waals surface area contributed by atoms with Crippen molar-refractivity contribution in [2.45, 2.75) is 13.8 Å². The maximum absolute atomic E-state index is 3.03. The fourth-order valence-electron chi connectivity index (χ4n) is 0.814. The van der Waals surface area contributed by atoms with Crippen LogP contribution in [-0.4, -0.2) is 0 Å². The first-order valence-corrected chi connectivity index (χ1v) is 3.93. The second-order valence-corrected chi connectivity index (χ2v) is 2.94. The van der Waals surface area contributed by atoms with Crippen molar-refractivity contribution >= 4 is 6.08 Å². The average Bonchev–Trinajstić information content (AvgIpc) is 2.03. The first-order valence-electron chi connectivity index (χ1n) is 3.93. The highest BCUT2D eigenvalue weighted by Gasteiger charge is 1.84. The minimum Gasteiger partial charge on any atom is -0.0814 e. The normalized spacial score (nSPS) is 11.2. The second kappa shape index (κ2) is 3.97. The molecule has 0 unspecified atom stereocenters. The van der Waals surface area contributed by atoms with Crippen LogP contribution in [0.25, 0.3) is 6.08 Å². The van der Waals surface area contributed by atoms with E-state index in [2.05, 4.69) is 38.1 Å². The number of benzene rings is 1. The molecule has 57 valence electrons. The van der Waals surface area contributed by atoms with E-state index in [1.165, 1.54) is 5.56 Å². The van der Waals surface area contributed by atoms with Gasteiger partial charge in [0.25, 0.3) is 0 Å². The van der Waals surface area contributed by atoms with Crippen LogP contribution < -0.4 is 0 Å². The molecule has 11 heavy (non-hydrogen) atoms. The molecule has 0 N–H and O–H groups in total. The van der Waals surface area contributed by atoms with E-state index >= 15 is 0 Å². The zero-order valence-corrected chi connectivity index (χ0v) is 7.04. The fourth-order valence-corrected chi connectivity index (χ4v) is 0.814. The molecule has 0 nitrogen and oxygen atoms in total. The summed E-state index contributed by atoms with van der Waals surface area (Å²) >= 11 is 0. The fraction of sp³-hybridized carbons (Fsp3) is 0.273. The van der Waals surface area contributed by atoms with E-state index in [9.17, 15) is 0 Å². The van der Waals surface area contributed by atoms with E-state index in [4.69, 9.17) is 0 Å². The van der Waals surface area contributed by atoms with Gasteiger partial charge < -0.3 is 0 Å². The molecule has 1 rings (SSSR count). The number of rotatable bonds is 2. The quantitative estimate of drug-likeness (QED) is 0.599. The minimum absolute atomic E-state index is 0.621. The van der Waals surface area contributed by atoms with Crippen molar-refractivity contribution in [3.63, 3.8) is 0 Å². The van der Waals surface area contributed by atoms with Crippen molar-refractivity contribution in [3.8, 4) is 0 Å². The van der Waals surface area contributed by atoms with Gasteiger partial charge in [-0.15, -0.1) is 0 Å². The van der Waals surface area contributed by atoms with Gasteiger partial charge in [-0.05, 0) is 23.6 Å². The lowest BCUT2D eigenvalue weighted by atomic mass is 10.1. The van der Waals surface area contributed by atoms with Crippen LogP contribution in [0.2, 0.25) is 0 Å². The SMILES string of the molecule is CC(C)C=Cc1c[c]ccc1. The largest absolute Gasteiger partial charge is 0.0814 e. The van der Waals surface area contributed by atoms with E-state index in [0.717, 1.165) is 0 Å². The molecule has 1 radical (unpaired) electrons. The van der Waals surface area contributed by atoms with E-state index in [1.54, 1.807) is 0 Å². The molecule has 0 atom stereocenters. The summed E-state index contributed by atoms with van der Waals surface area (Å²) in [6.07, 6.45) is 4.31. The Bertz CT molecular complexity index is 219. The van der Waals surface area contributed by atoms with Crippen LogP contribution in [-0.2, 0) is 0 Å². The van der Waals surface area contributed by atoms with Gasteiger partial charge in [0.05, 0.1) is 0 Å². The predicted molar refractivity (Wildman–Crippen MR) is 49.2 cm³/mol. The van der Waals surface area contributed by atoms with Crippen molar-refractivity contribution in [2.75, 3.05) is 0 Å². The average molecular weight is 145 g/mol. The summed E-state index contributed by atoms with van der Waals surface area (Å²) in [4.78, 5) is 0. The molecular formula is C11H13. The summed E-state index contributed by atoms with van der Waals surface area (Å²) in [6, 6.07) is 11.0. The van der Waals surface area contributed by atoms with E-state index in [0.29, 0.717) is 5.92 Å². The van der Waals surface area contributed by atoms with Gasteiger partial charge in [0.1, 0.15) is 0 Å². The highest BCUT2D eigenvalue weighted by atomic mass is 13.9. The Morgan fingerprint density at radius 1 is 1.45 bits per heavy atom. The maximum atomic E-state index is 3.03. The number of hydrogen-bond acceptors (Lipinski definition) is 0. The Morgan fingerprint density at radius 3 is 2.82 bits per heavy atom. The summed E-state index contributed by atoms with van der Waals surface area (Å²) in [7, 11) is 0. The molecule has 0 heteroatoms. The molecule has 0 saturated carbocycles. The summed E-state index contributed by atoms with van der Waals surface area (Å²) < 4.78 is 0. The van der Waals surface area contributed by atoms with Gasteiger partial charge in [0.15, 0.2) is 0 Å². The zero-order chi connectivity index (χ0) is 8.10. The van der Waals surface area contributed by atoms with Crippen LogP contribution in [0.1, 0.15) is 19.4 Å². The third-order valence-electron chi connectivity index (χ3n) is 1.40. The Hall–Kier alpha value is -1.04. The van der Waals surface area contributed by atoms with E-state index in [1.807, 2.05) is 18.2 Å². The van der Waals surface area contributed by atoms with Gasteiger partial charge in [0, 0.05) is 0 Å². The van der Waals surface area contributed by atoms with Crippen LogP contribution in [0, 0.1) is 12.0 Å². The Morgan fingerprint density at radius 2 is 2.27 bits per heavy atom. The van der Waals surface area contributed by atoms with Crippen LogP contribution in [0.3, 0.4) is 0 Å². The van der Waals surface area contributed by atoms with E-state index < -0.39 is 0 Å². The lowest BCUT2D eigenvalue weighted by Crippen LogP contribution is -1.76. The molecule has 0 heterocycles. The summed E-state index contributed by atoms with van der Waals surface area (Å²) in [6.45, 7) is 4.34. The first kappa shape index (κ1) is 8.06. The van der Waals surface area contributed by atoms with Gasteiger partial charge in [0.2, 0.25) is 0 Å². The smallest absolute Gasteiger partial charge is 0.0178 e. The molecule has 0 aliphatic carbocycles. The molecule has 0 aromatic heterocycles. The molecule has 0 saturated heterocycles. The predicted octanol–water partition coefficient (Wildman–Crippen LogP) is 3.16. The highest BCUT2D eigenvalue weighted by molar-refractivity contribution is 5.48. The van der Waals surface area contributed by atoms with Gasteiger partial charge in [-0.1, -0.05) is 44.2 Å². The molecule has 0 fully saturated rings. The molecular weight excluding hydrogens is 132 g/mol. The van der Waals surface area contributed by atoms with Crippen molar-refractivity contribution in [1.29, 1.82) is 0 Å². The minimum atomic E-state index is 0.621. The van der Waals surface area contributed by atoms with Gasteiger partial charge in [-0.3, -0.25) is 0 Å². The lowest BCUT2D eigenvalue weighted by molar-refractivity contribution is 0.836. The standard InChI is InChI=1S/C11H13/c1-10(2)8-9-11-6-4-3-5-7-11/h3-4,6-10H,1-2H3. The van der Waals surface area contributed by atoms with Crippen LogP contribution in [0.15, 0.2) is 30.3 Å². The van der Waals surface area contributed by atoms with Crippen molar-refractivity contribution in [1.82, 2.24) is 0 Å². The zero-order valence-electron chi connectivity index (χ0n) is 7.04. The van der Waals surface area contributed by atoms with Crippen LogP contribution in [0.5, 0.6) is 0 Å². The van der Waals surface area contributed by atoms with E-state index in [-0.39, 0.29) is 0 Å². The highest BCUT2D eigenvalue weighted by Crippen LogP contribution is 2.03. The molecule has 0 spiro atoms. The second-order valence-electron chi connectivity index (χ2n) is 2.94. The first-order chi connectivity index (χ1) is 5.29. The van der Waals surface area contributed by atoms with Crippen LogP contribution in [0.4, 0.5) is 0 Å². The van der Waals surface area contributed by atoms with Crippen molar-refractivity contribution in [3.05, 3.63) is 42.0 Å². The molecule has 0 aliphatic rings. The van der Waals surface area contributed by atoms with Gasteiger partial charge >= 0.3 is 0 Å². The van der Waals surface area contributed by atoms with Crippen molar-refractivity contribution in [2.24, 2.45) is 5.92 Å². The molecule has 0 amide bonds.